The first kappa shape index (κ1) is 17.1. The molecule has 0 radical (unpaired) electrons. The Balaban J connectivity index is 2.97. The number of halogens is 1. The molecule has 0 aromatic carbocycles. The Kier molecular flexibility index (Phi) is 4.87. The lowest BCUT2D eigenvalue weighted by Gasteiger charge is -2.36. The van der Waals surface area contributed by atoms with E-state index in [1.807, 2.05) is 27.7 Å². The smallest absolute Gasteiger partial charge is 0.265 e. The van der Waals surface area contributed by atoms with E-state index in [-0.39, 0.29) is 10.1 Å². The molecule has 0 aromatic rings. The third kappa shape index (κ3) is 5.89. The van der Waals surface area contributed by atoms with Crippen molar-refractivity contribution in [3.63, 3.8) is 0 Å². The third-order valence-corrected chi connectivity index (χ3v) is 4.23. The lowest BCUT2D eigenvalue weighted by atomic mass is 9.71. The first-order valence-corrected chi connectivity index (χ1v) is 8.51. The maximum atomic E-state index is 12.2. The highest BCUT2D eigenvalue weighted by atomic mass is 79.9. The Hall–Kier alpha value is 0.0200. The molecule has 0 bridgehead atoms. The largest absolute Gasteiger partial charge is 0.365 e. The van der Waals surface area contributed by atoms with Gasteiger partial charge in [-0.3, -0.25) is 9.35 Å². The Morgan fingerprint density at radius 2 is 1.89 bits per heavy atom. The minimum atomic E-state index is -4.20. The topological polar surface area (TPSA) is 84.0 Å². The molecule has 1 aliphatic rings. The van der Waals surface area contributed by atoms with E-state index >= 15 is 0 Å². The van der Waals surface area contributed by atoms with Gasteiger partial charge in [0.05, 0.1) is 12.4 Å². The van der Waals surface area contributed by atoms with Crippen molar-refractivity contribution >= 4 is 31.8 Å². The molecular formula is C12H21BrO5S. The molecule has 2 atom stereocenters. The summed E-state index contributed by atoms with van der Waals surface area (Å²) >= 11 is 3.51. The molecule has 0 saturated carbocycles. The maximum Gasteiger partial charge on any atom is 0.265 e. The SMILES string of the molecule is CC(C)(Br)CC(C)(C)C(CS(=O)(=O)O)C(=O)C1CO1. The van der Waals surface area contributed by atoms with Crippen molar-refractivity contribution in [2.24, 2.45) is 11.3 Å². The number of hydrogen-bond acceptors (Lipinski definition) is 4. The van der Waals surface area contributed by atoms with E-state index in [1.165, 1.54) is 0 Å². The van der Waals surface area contributed by atoms with Gasteiger partial charge in [-0.1, -0.05) is 43.6 Å². The van der Waals surface area contributed by atoms with Gasteiger partial charge in [0.25, 0.3) is 10.1 Å². The van der Waals surface area contributed by atoms with Crippen LogP contribution in [0.4, 0.5) is 0 Å². The zero-order valence-corrected chi connectivity index (χ0v) is 14.0. The molecule has 1 fully saturated rings. The summed E-state index contributed by atoms with van der Waals surface area (Å²) in [6, 6.07) is 0. The minimum Gasteiger partial charge on any atom is -0.365 e. The summed E-state index contributed by atoms with van der Waals surface area (Å²) in [5.41, 5.74) is -0.564. The summed E-state index contributed by atoms with van der Waals surface area (Å²) in [7, 11) is -4.20. The van der Waals surface area contributed by atoms with Gasteiger partial charge in [-0.2, -0.15) is 8.42 Å². The van der Waals surface area contributed by atoms with Crippen LogP contribution in [0.5, 0.6) is 0 Å². The van der Waals surface area contributed by atoms with Crippen molar-refractivity contribution in [3.8, 4) is 0 Å². The van der Waals surface area contributed by atoms with E-state index in [2.05, 4.69) is 15.9 Å². The molecular weight excluding hydrogens is 336 g/mol. The lowest BCUT2D eigenvalue weighted by molar-refractivity contribution is -0.127. The van der Waals surface area contributed by atoms with Gasteiger partial charge in [-0.15, -0.1) is 0 Å². The summed E-state index contributed by atoms with van der Waals surface area (Å²) in [5, 5.41) is 0. The normalized spacial score (nSPS) is 22.1. The van der Waals surface area contributed by atoms with Crippen LogP contribution in [0.1, 0.15) is 34.1 Å². The fraction of sp³-hybridized carbons (Fsp3) is 0.917. The van der Waals surface area contributed by atoms with Gasteiger partial charge in [-0.05, 0) is 11.8 Å². The lowest BCUT2D eigenvalue weighted by Crippen LogP contribution is -2.41. The molecule has 0 amide bonds. The summed E-state index contributed by atoms with van der Waals surface area (Å²) in [5.74, 6) is -1.56. The number of Topliss-reactive ketones (excluding diaryl/α,β-unsaturated/α-hetero) is 1. The van der Waals surface area contributed by atoms with Crippen LogP contribution in [0.2, 0.25) is 0 Å². The van der Waals surface area contributed by atoms with E-state index in [4.69, 9.17) is 9.29 Å². The molecule has 1 aliphatic heterocycles. The predicted molar refractivity (Wildman–Crippen MR) is 76.1 cm³/mol. The average Bonchev–Trinajstić information content (AvgIpc) is 2.89. The van der Waals surface area contributed by atoms with Crippen molar-refractivity contribution in [1.82, 2.24) is 0 Å². The van der Waals surface area contributed by atoms with Crippen molar-refractivity contribution in [1.29, 1.82) is 0 Å². The van der Waals surface area contributed by atoms with Crippen molar-refractivity contribution in [2.75, 3.05) is 12.4 Å². The second-order valence-electron chi connectivity index (χ2n) is 6.41. The Bertz CT molecular complexity index is 445. The standard InChI is InChI=1S/C12H21BrO5S/c1-11(2,7-12(3,4)13)8(6-19(15,16)17)10(14)9-5-18-9/h8-9H,5-7H2,1-4H3,(H,15,16,17). The number of carbonyl (C=O) groups is 1. The van der Waals surface area contributed by atoms with E-state index in [9.17, 15) is 13.2 Å². The van der Waals surface area contributed by atoms with Crippen LogP contribution in [0, 0.1) is 11.3 Å². The number of rotatable bonds is 7. The van der Waals surface area contributed by atoms with Gasteiger partial charge in [0.15, 0.2) is 5.78 Å². The highest BCUT2D eigenvalue weighted by Gasteiger charge is 2.46. The second kappa shape index (κ2) is 5.42. The highest BCUT2D eigenvalue weighted by Crippen LogP contribution is 2.41. The number of ketones is 1. The van der Waals surface area contributed by atoms with Crippen LogP contribution in [0.3, 0.4) is 0 Å². The van der Waals surface area contributed by atoms with Gasteiger partial charge < -0.3 is 4.74 Å². The van der Waals surface area contributed by atoms with Gasteiger partial charge in [0, 0.05) is 10.2 Å². The van der Waals surface area contributed by atoms with Crippen LogP contribution in [0.15, 0.2) is 0 Å². The number of hydrogen-bond donors (Lipinski definition) is 1. The van der Waals surface area contributed by atoms with Gasteiger partial charge >= 0.3 is 0 Å². The van der Waals surface area contributed by atoms with Crippen LogP contribution < -0.4 is 0 Å². The molecule has 5 nitrogen and oxygen atoms in total. The fourth-order valence-corrected chi connectivity index (χ4v) is 4.31. The van der Waals surface area contributed by atoms with E-state index in [0.29, 0.717) is 13.0 Å². The Morgan fingerprint density at radius 3 is 2.21 bits per heavy atom. The van der Waals surface area contributed by atoms with E-state index in [0.717, 1.165) is 0 Å². The first-order valence-electron chi connectivity index (χ1n) is 6.11. The van der Waals surface area contributed by atoms with Crippen molar-refractivity contribution in [3.05, 3.63) is 0 Å². The molecule has 1 N–H and O–H groups in total. The van der Waals surface area contributed by atoms with Gasteiger partial charge in [0.2, 0.25) is 0 Å². The zero-order valence-electron chi connectivity index (χ0n) is 11.6. The predicted octanol–water partition coefficient (Wildman–Crippen LogP) is 2.05. The highest BCUT2D eigenvalue weighted by molar-refractivity contribution is 9.10. The number of ether oxygens (including phenoxy) is 1. The summed E-state index contributed by atoms with van der Waals surface area (Å²) in [6.07, 6.45) is 0.0861. The summed E-state index contributed by atoms with van der Waals surface area (Å²) in [4.78, 5) is 12.2. The number of epoxide rings is 1. The zero-order chi connectivity index (χ0) is 15.1. The quantitative estimate of drug-likeness (QED) is 0.428. The molecule has 0 aromatic heterocycles. The molecule has 1 rings (SSSR count). The Morgan fingerprint density at radius 1 is 1.42 bits per heavy atom. The van der Waals surface area contributed by atoms with Crippen molar-refractivity contribution in [2.45, 2.75) is 44.5 Å². The fourth-order valence-electron chi connectivity index (χ4n) is 2.55. The molecule has 0 spiro atoms. The number of carbonyl (C=O) groups excluding carboxylic acids is 1. The monoisotopic (exact) mass is 356 g/mol. The van der Waals surface area contributed by atoms with Crippen molar-refractivity contribution < 1.29 is 22.5 Å². The first-order chi connectivity index (χ1) is 8.32. The molecule has 112 valence electrons. The number of alkyl halides is 1. The third-order valence-electron chi connectivity index (χ3n) is 3.19. The minimum absolute atomic E-state index is 0.224. The molecule has 1 saturated heterocycles. The molecule has 19 heavy (non-hydrogen) atoms. The maximum absolute atomic E-state index is 12.2. The van der Waals surface area contributed by atoms with E-state index in [1.54, 1.807) is 0 Å². The van der Waals surface area contributed by atoms with Crippen LogP contribution >= 0.6 is 15.9 Å². The molecule has 7 heteroatoms. The molecule has 2 unspecified atom stereocenters. The van der Waals surface area contributed by atoms with Crippen LogP contribution in [-0.2, 0) is 19.6 Å². The molecule has 1 heterocycles. The average molecular weight is 357 g/mol. The van der Waals surface area contributed by atoms with Crippen LogP contribution in [0.25, 0.3) is 0 Å². The Labute approximate surface area is 123 Å². The van der Waals surface area contributed by atoms with Gasteiger partial charge in [0.1, 0.15) is 6.10 Å². The second-order valence-corrected chi connectivity index (χ2v) is 10.1. The summed E-state index contributed by atoms with van der Waals surface area (Å²) in [6.45, 7) is 7.93. The van der Waals surface area contributed by atoms with Gasteiger partial charge in [-0.25, -0.2) is 0 Å². The summed E-state index contributed by atoms with van der Waals surface area (Å²) < 4.78 is 36.1. The molecule has 0 aliphatic carbocycles. The van der Waals surface area contributed by atoms with E-state index < -0.39 is 33.3 Å². The van der Waals surface area contributed by atoms with Crippen LogP contribution in [-0.4, -0.2) is 41.5 Å².